The minimum Gasteiger partial charge on any atom is -0.454 e. The predicted octanol–water partition coefficient (Wildman–Crippen LogP) is 0.993. The Kier molecular flexibility index (Phi) is 7.14. The van der Waals surface area contributed by atoms with Crippen LogP contribution in [-0.4, -0.2) is 47.5 Å². The summed E-state index contributed by atoms with van der Waals surface area (Å²) in [5.74, 6) is -1.93. The first-order chi connectivity index (χ1) is 13.3. The lowest BCUT2D eigenvalue weighted by molar-refractivity contribution is -0.151. The van der Waals surface area contributed by atoms with Gasteiger partial charge in [0.15, 0.2) is 6.61 Å². The lowest BCUT2D eigenvalue weighted by Gasteiger charge is -2.16. The number of carbonyl (C=O) groups excluding carboxylic acids is 4. The number of hydrogen-bond donors (Lipinski definition) is 4. The summed E-state index contributed by atoms with van der Waals surface area (Å²) in [6.45, 7) is 4.15. The number of benzene rings is 1. The number of carbonyl (C=O) groups is 4. The fourth-order valence-corrected chi connectivity index (χ4v) is 2.66. The number of ether oxygens (including phenoxy) is 1. The fourth-order valence-electron chi connectivity index (χ4n) is 2.66. The highest BCUT2D eigenvalue weighted by Crippen LogP contribution is 2.19. The van der Waals surface area contributed by atoms with E-state index in [1.165, 1.54) is 6.92 Å². The first-order valence-electron chi connectivity index (χ1n) is 8.85. The van der Waals surface area contributed by atoms with Crippen LogP contribution in [0.4, 0.5) is 4.79 Å². The summed E-state index contributed by atoms with van der Waals surface area (Å²) < 4.78 is 4.98. The van der Waals surface area contributed by atoms with Gasteiger partial charge in [0.05, 0.1) is 0 Å². The quantitative estimate of drug-likeness (QED) is 0.526. The molecule has 9 heteroatoms. The van der Waals surface area contributed by atoms with Gasteiger partial charge in [0.2, 0.25) is 5.91 Å². The van der Waals surface area contributed by atoms with E-state index in [0.29, 0.717) is 0 Å². The molecule has 0 aliphatic heterocycles. The van der Waals surface area contributed by atoms with Crippen molar-refractivity contribution in [2.45, 2.75) is 39.3 Å². The van der Waals surface area contributed by atoms with Crippen molar-refractivity contribution in [2.24, 2.45) is 0 Å². The smallest absolute Gasteiger partial charge is 0.329 e. The number of rotatable bonds is 7. The third kappa shape index (κ3) is 6.11. The van der Waals surface area contributed by atoms with E-state index in [1.54, 1.807) is 20.0 Å². The lowest BCUT2D eigenvalue weighted by atomic mass is 10.0. The van der Waals surface area contributed by atoms with Gasteiger partial charge in [-0.15, -0.1) is 0 Å². The molecule has 150 valence electrons. The second kappa shape index (κ2) is 9.54. The highest BCUT2D eigenvalue weighted by atomic mass is 16.5. The number of aromatic amines is 1. The second-order valence-electron chi connectivity index (χ2n) is 6.60. The number of H-pyrrole nitrogens is 1. The minimum absolute atomic E-state index is 0.143. The summed E-state index contributed by atoms with van der Waals surface area (Å²) in [6.07, 6.45) is 1.95. The maximum absolute atomic E-state index is 12.4. The summed E-state index contributed by atoms with van der Waals surface area (Å²) in [7, 11) is 0. The molecule has 2 rings (SSSR count). The SMILES string of the molecule is CC(=O)N[C@@H](Cc1c[nH]c2ccccc12)C(=O)OCC(=O)NC(=O)NC(C)C. The Balaban J connectivity index is 1.98. The number of urea groups is 1. The molecule has 0 aliphatic carbocycles. The molecule has 2 aromatic rings. The van der Waals surface area contributed by atoms with Gasteiger partial charge in [-0.25, -0.2) is 9.59 Å². The summed E-state index contributed by atoms with van der Waals surface area (Å²) in [5.41, 5.74) is 1.73. The van der Waals surface area contributed by atoms with Gasteiger partial charge in [-0.3, -0.25) is 14.9 Å². The summed E-state index contributed by atoms with van der Waals surface area (Å²) in [5, 5.41) is 8.00. The molecular weight excluding hydrogens is 364 g/mol. The molecule has 0 aliphatic rings. The summed E-state index contributed by atoms with van der Waals surface area (Å²) in [4.78, 5) is 50.2. The zero-order valence-electron chi connectivity index (χ0n) is 16.0. The van der Waals surface area contributed by atoms with Crippen LogP contribution in [0.15, 0.2) is 30.5 Å². The Morgan fingerprint density at radius 2 is 1.82 bits per heavy atom. The first-order valence-corrected chi connectivity index (χ1v) is 8.85. The molecule has 0 radical (unpaired) electrons. The first kappa shape index (κ1) is 20.9. The summed E-state index contributed by atoms with van der Waals surface area (Å²) >= 11 is 0. The topological polar surface area (TPSA) is 129 Å². The Bertz CT molecular complexity index is 874. The van der Waals surface area contributed by atoms with Crippen molar-refractivity contribution in [1.82, 2.24) is 20.9 Å². The maximum atomic E-state index is 12.4. The Labute approximate surface area is 162 Å². The largest absolute Gasteiger partial charge is 0.454 e. The van der Waals surface area contributed by atoms with E-state index in [4.69, 9.17) is 4.74 Å². The number of amides is 4. The molecule has 4 amide bonds. The standard InChI is InChI=1S/C19H24N4O5/c1-11(2)21-19(27)23-17(25)10-28-18(26)16(22-12(3)24)8-13-9-20-15-7-5-4-6-14(13)15/h4-7,9,11,16,20H,8,10H2,1-3H3,(H,22,24)(H2,21,23,25,27)/t16-/m0/s1. The Morgan fingerprint density at radius 3 is 2.50 bits per heavy atom. The molecule has 1 heterocycles. The molecule has 1 aromatic carbocycles. The molecule has 0 fully saturated rings. The van der Waals surface area contributed by atoms with Crippen molar-refractivity contribution in [1.29, 1.82) is 0 Å². The highest BCUT2D eigenvalue weighted by Gasteiger charge is 2.24. The van der Waals surface area contributed by atoms with Gasteiger partial charge >= 0.3 is 12.0 Å². The molecule has 9 nitrogen and oxygen atoms in total. The van der Waals surface area contributed by atoms with E-state index >= 15 is 0 Å². The third-order valence-corrected chi connectivity index (χ3v) is 3.78. The van der Waals surface area contributed by atoms with Crippen LogP contribution in [0.25, 0.3) is 10.9 Å². The highest BCUT2D eigenvalue weighted by molar-refractivity contribution is 5.96. The molecule has 1 aromatic heterocycles. The van der Waals surface area contributed by atoms with Gasteiger partial charge < -0.3 is 20.4 Å². The van der Waals surface area contributed by atoms with Crippen LogP contribution in [0.2, 0.25) is 0 Å². The average molecular weight is 388 g/mol. The fraction of sp³-hybridized carbons (Fsp3) is 0.368. The molecular formula is C19H24N4O5. The van der Waals surface area contributed by atoms with Gasteiger partial charge in [-0.05, 0) is 25.5 Å². The predicted molar refractivity (Wildman–Crippen MR) is 102 cm³/mol. The van der Waals surface area contributed by atoms with E-state index in [-0.39, 0.29) is 12.5 Å². The zero-order valence-corrected chi connectivity index (χ0v) is 16.0. The van der Waals surface area contributed by atoms with Gasteiger partial charge in [-0.2, -0.15) is 0 Å². The van der Waals surface area contributed by atoms with Gasteiger partial charge in [0.1, 0.15) is 6.04 Å². The zero-order chi connectivity index (χ0) is 20.7. The van der Waals surface area contributed by atoms with Crippen LogP contribution in [0.5, 0.6) is 0 Å². The van der Waals surface area contributed by atoms with Crippen molar-refractivity contribution in [2.75, 3.05) is 6.61 Å². The van der Waals surface area contributed by atoms with Crippen LogP contribution in [0.3, 0.4) is 0 Å². The van der Waals surface area contributed by atoms with E-state index in [9.17, 15) is 19.2 Å². The lowest BCUT2D eigenvalue weighted by Crippen LogP contribution is -2.46. The van der Waals surface area contributed by atoms with Crippen LogP contribution in [0.1, 0.15) is 26.3 Å². The molecule has 0 unspecified atom stereocenters. The van der Waals surface area contributed by atoms with Crippen molar-refractivity contribution < 1.29 is 23.9 Å². The number of nitrogens with one attached hydrogen (secondary N) is 4. The number of imide groups is 1. The molecule has 0 bridgehead atoms. The van der Waals surface area contributed by atoms with Crippen molar-refractivity contribution in [3.05, 3.63) is 36.0 Å². The third-order valence-electron chi connectivity index (χ3n) is 3.78. The molecule has 1 atom stereocenters. The van der Waals surface area contributed by atoms with Crippen LogP contribution in [-0.2, 0) is 25.5 Å². The average Bonchev–Trinajstić information content (AvgIpc) is 3.01. The second-order valence-corrected chi connectivity index (χ2v) is 6.60. The summed E-state index contributed by atoms with van der Waals surface area (Å²) in [6, 6.07) is 5.78. The van der Waals surface area contributed by atoms with Gasteiger partial charge in [0, 0.05) is 36.5 Å². The number of hydrogen-bond acceptors (Lipinski definition) is 5. The molecule has 0 spiro atoms. The van der Waals surface area contributed by atoms with Crippen LogP contribution >= 0.6 is 0 Å². The van der Waals surface area contributed by atoms with Gasteiger partial charge in [0.25, 0.3) is 5.91 Å². The monoisotopic (exact) mass is 388 g/mol. The Hall–Kier alpha value is -3.36. The number of aromatic nitrogens is 1. The van der Waals surface area contributed by atoms with Crippen LogP contribution in [0, 0.1) is 0 Å². The normalized spacial score (nSPS) is 11.7. The number of fused-ring (bicyclic) bond motifs is 1. The molecule has 28 heavy (non-hydrogen) atoms. The molecule has 4 N–H and O–H groups in total. The van der Waals surface area contributed by atoms with E-state index in [2.05, 4.69) is 20.9 Å². The van der Waals surface area contributed by atoms with E-state index in [1.807, 2.05) is 24.3 Å². The molecule has 0 saturated carbocycles. The van der Waals surface area contributed by atoms with Crippen molar-refractivity contribution in [3.63, 3.8) is 0 Å². The van der Waals surface area contributed by atoms with Crippen molar-refractivity contribution in [3.8, 4) is 0 Å². The number of para-hydroxylation sites is 1. The maximum Gasteiger partial charge on any atom is 0.329 e. The van der Waals surface area contributed by atoms with Gasteiger partial charge in [-0.1, -0.05) is 18.2 Å². The number of esters is 1. The van der Waals surface area contributed by atoms with E-state index in [0.717, 1.165) is 16.5 Å². The Morgan fingerprint density at radius 1 is 1.11 bits per heavy atom. The van der Waals surface area contributed by atoms with E-state index < -0.39 is 36.5 Å². The molecule has 0 saturated heterocycles. The van der Waals surface area contributed by atoms with Crippen molar-refractivity contribution >= 4 is 34.7 Å². The van der Waals surface area contributed by atoms with Crippen LogP contribution < -0.4 is 16.0 Å². The minimum atomic E-state index is -0.964.